The van der Waals surface area contributed by atoms with Gasteiger partial charge in [0.05, 0.1) is 13.2 Å². The fourth-order valence-corrected chi connectivity index (χ4v) is 3.21. The van der Waals surface area contributed by atoms with Gasteiger partial charge in [0.2, 0.25) is 17.7 Å². The molecule has 1 aliphatic heterocycles. The highest BCUT2D eigenvalue weighted by atomic mass is 16.5. The number of amides is 5. The second kappa shape index (κ2) is 14.4. The molecular formula is C24H30N4O8. The average Bonchev–Trinajstić information content (AvgIpc) is 3.17. The van der Waals surface area contributed by atoms with E-state index < -0.39 is 36.3 Å². The summed E-state index contributed by atoms with van der Waals surface area (Å²) in [7, 11) is 0. The van der Waals surface area contributed by atoms with Crippen molar-refractivity contribution in [2.24, 2.45) is 0 Å². The minimum Gasteiger partial charge on any atom is -0.461 e. The molecule has 36 heavy (non-hydrogen) atoms. The van der Waals surface area contributed by atoms with E-state index >= 15 is 0 Å². The van der Waals surface area contributed by atoms with E-state index in [-0.39, 0.29) is 37.9 Å². The summed E-state index contributed by atoms with van der Waals surface area (Å²) in [5.41, 5.74) is 1.22. The van der Waals surface area contributed by atoms with Gasteiger partial charge in [0.1, 0.15) is 12.6 Å². The molecule has 4 N–H and O–H groups in total. The molecule has 1 aromatic carbocycles. The molecule has 2 rings (SSSR count). The summed E-state index contributed by atoms with van der Waals surface area (Å²) in [6, 6.07) is 5.38. The third kappa shape index (κ3) is 9.66. The van der Waals surface area contributed by atoms with Crippen molar-refractivity contribution in [3.05, 3.63) is 42.0 Å². The number of benzene rings is 1. The minimum absolute atomic E-state index is 0.0951. The summed E-state index contributed by atoms with van der Waals surface area (Å²) in [6.45, 7) is 0.681. The Bertz CT molecular complexity index is 988. The van der Waals surface area contributed by atoms with Crippen LogP contribution < -0.4 is 16.0 Å². The zero-order valence-electron chi connectivity index (χ0n) is 20.0. The molecule has 12 heteroatoms. The first kappa shape index (κ1) is 28.2. The Morgan fingerprint density at radius 1 is 0.972 bits per heavy atom. The van der Waals surface area contributed by atoms with Crippen LogP contribution in [0.4, 0.5) is 5.69 Å². The monoisotopic (exact) mass is 502 g/mol. The molecule has 0 saturated carbocycles. The van der Waals surface area contributed by atoms with Gasteiger partial charge in [0, 0.05) is 37.7 Å². The number of aliphatic hydroxyl groups excluding tert-OH is 1. The Balaban J connectivity index is 1.64. The van der Waals surface area contributed by atoms with E-state index in [9.17, 15) is 33.9 Å². The van der Waals surface area contributed by atoms with Gasteiger partial charge in [0.15, 0.2) is 0 Å². The molecule has 12 nitrogen and oxygen atoms in total. The fraction of sp³-hybridized carbons (Fsp3) is 0.417. The number of hydrogen-bond acceptors (Lipinski definition) is 8. The molecule has 0 aliphatic carbocycles. The van der Waals surface area contributed by atoms with Crippen molar-refractivity contribution in [2.75, 3.05) is 25.0 Å². The molecule has 0 bridgehead atoms. The lowest BCUT2D eigenvalue weighted by Gasteiger charge is -2.16. The van der Waals surface area contributed by atoms with E-state index in [0.717, 1.165) is 10.5 Å². The van der Waals surface area contributed by atoms with Gasteiger partial charge in [-0.3, -0.25) is 33.7 Å². The zero-order valence-corrected chi connectivity index (χ0v) is 20.0. The quantitative estimate of drug-likeness (QED) is 0.153. The van der Waals surface area contributed by atoms with E-state index in [1.165, 1.54) is 19.1 Å². The van der Waals surface area contributed by atoms with Crippen LogP contribution in [0.2, 0.25) is 0 Å². The molecule has 1 aliphatic rings. The van der Waals surface area contributed by atoms with E-state index in [1.807, 2.05) is 0 Å². The maximum Gasteiger partial charge on any atom is 0.302 e. The third-order valence-electron chi connectivity index (χ3n) is 5.12. The molecule has 0 aromatic heterocycles. The van der Waals surface area contributed by atoms with Crippen LogP contribution in [0.3, 0.4) is 0 Å². The summed E-state index contributed by atoms with van der Waals surface area (Å²) >= 11 is 0. The highest BCUT2D eigenvalue weighted by molar-refractivity contribution is 6.12. The Morgan fingerprint density at radius 2 is 1.64 bits per heavy atom. The Labute approximate surface area is 208 Å². The number of unbranched alkanes of at least 4 members (excludes halogenated alkanes) is 2. The number of imide groups is 1. The number of carbonyl (C=O) groups excluding carboxylic acids is 6. The van der Waals surface area contributed by atoms with Crippen LogP contribution in [-0.4, -0.2) is 71.2 Å². The SMILES string of the molecule is CC(=O)OCc1ccc(NC(=O)CNC(=O)C(CO)NC(=O)CCCCCN2C(=O)C=CC2=O)cc1. The summed E-state index contributed by atoms with van der Waals surface area (Å²) in [5.74, 6) is -2.77. The molecule has 1 atom stereocenters. The Kier molecular flexibility index (Phi) is 11.2. The number of esters is 1. The molecule has 1 unspecified atom stereocenters. The molecule has 5 amide bonds. The number of rotatable bonds is 14. The van der Waals surface area contributed by atoms with Gasteiger partial charge in [-0.2, -0.15) is 0 Å². The molecule has 0 radical (unpaired) electrons. The van der Waals surface area contributed by atoms with Gasteiger partial charge in [-0.1, -0.05) is 18.6 Å². The Morgan fingerprint density at radius 3 is 2.25 bits per heavy atom. The standard InChI is InChI=1S/C24H30N4O8/c1-16(30)36-15-17-6-8-18(9-7-17)26-21(32)13-25-24(35)19(14-29)27-20(31)5-3-2-4-12-28-22(33)10-11-23(28)34/h6-11,19,29H,2-5,12-15H2,1H3,(H,25,35)(H,26,32)(H,27,31). The zero-order chi connectivity index (χ0) is 26.5. The largest absolute Gasteiger partial charge is 0.461 e. The highest BCUT2D eigenvalue weighted by Gasteiger charge is 2.23. The van der Waals surface area contributed by atoms with E-state index in [1.54, 1.807) is 24.3 Å². The van der Waals surface area contributed by atoms with Gasteiger partial charge in [-0.25, -0.2) is 0 Å². The van der Waals surface area contributed by atoms with Crippen molar-refractivity contribution in [3.63, 3.8) is 0 Å². The molecule has 194 valence electrons. The number of ether oxygens (including phenoxy) is 1. The maximum absolute atomic E-state index is 12.2. The summed E-state index contributed by atoms with van der Waals surface area (Å²) in [6.07, 6.45) is 4.12. The molecule has 0 fully saturated rings. The molecule has 0 saturated heterocycles. The first-order valence-corrected chi connectivity index (χ1v) is 11.4. The Hall–Kier alpha value is -4.06. The predicted octanol–water partition coefficient (Wildman–Crippen LogP) is -0.233. The molecule has 1 heterocycles. The minimum atomic E-state index is -1.21. The normalized spacial score (nSPS) is 13.3. The maximum atomic E-state index is 12.2. The van der Waals surface area contributed by atoms with Crippen LogP contribution in [0.25, 0.3) is 0 Å². The van der Waals surface area contributed by atoms with Gasteiger partial charge in [-0.05, 0) is 30.5 Å². The van der Waals surface area contributed by atoms with E-state index in [0.29, 0.717) is 24.9 Å². The number of aliphatic hydroxyl groups is 1. The van der Waals surface area contributed by atoms with E-state index in [4.69, 9.17) is 4.74 Å². The van der Waals surface area contributed by atoms with Crippen molar-refractivity contribution in [1.29, 1.82) is 0 Å². The van der Waals surface area contributed by atoms with Crippen molar-refractivity contribution >= 4 is 41.2 Å². The second-order valence-corrected chi connectivity index (χ2v) is 8.02. The van der Waals surface area contributed by atoms with E-state index in [2.05, 4.69) is 16.0 Å². The van der Waals surface area contributed by atoms with Crippen LogP contribution >= 0.6 is 0 Å². The van der Waals surface area contributed by atoms with Gasteiger partial charge in [-0.15, -0.1) is 0 Å². The number of nitrogens with zero attached hydrogens (tertiary/aromatic N) is 1. The summed E-state index contributed by atoms with van der Waals surface area (Å²) < 4.78 is 4.88. The van der Waals surface area contributed by atoms with Gasteiger partial charge < -0.3 is 25.8 Å². The molecular weight excluding hydrogens is 472 g/mol. The third-order valence-corrected chi connectivity index (χ3v) is 5.12. The van der Waals surface area contributed by atoms with Crippen LogP contribution in [-0.2, 0) is 40.1 Å². The van der Waals surface area contributed by atoms with Crippen LogP contribution in [0.5, 0.6) is 0 Å². The smallest absolute Gasteiger partial charge is 0.302 e. The number of nitrogens with one attached hydrogen (secondary N) is 3. The van der Waals surface area contributed by atoms with Crippen LogP contribution in [0.1, 0.15) is 38.2 Å². The van der Waals surface area contributed by atoms with Crippen molar-refractivity contribution in [1.82, 2.24) is 15.5 Å². The number of hydrogen-bond donors (Lipinski definition) is 4. The first-order chi connectivity index (χ1) is 17.2. The van der Waals surface area contributed by atoms with Crippen molar-refractivity contribution in [3.8, 4) is 0 Å². The fourth-order valence-electron chi connectivity index (χ4n) is 3.21. The topological polar surface area (TPSA) is 171 Å². The van der Waals surface area contributed by atoms with Crippen LogP contribution in [0.15, 0.2) is 36.4 Å². The lowest BCUT2D eigenvalue weighted by Crippen LogP contribution is -2.50. The van der Waals surface area contributed by atoms with Crippen LogP contribution in [0, 0.1) is 0 Å². The van der Waals surface area contributed by atoms with Gasteiger partial charge in [0.25, 0.3) is 11.8 Å². The van der Waals surface area contributed by atoms with Crippen molar-refractivity contribution in [2.45, 2.75) is 45.3 Å². The lowest BCUT2D eigenvalue weighted by molar-refractivity contribution is -0.142. The number of carbonyl (C=O) groups is 6. The highest BCUT2D eigenvalue weighted by Crippen LogP contribution is 2.10. The lowest BCUT2D eigenvalue weighted by atomic mass is 10.1. The first-order valence-electron chi connectivity index (χ1n) is 11.4. The van der Waals surface area contributed by atoms with Gasteiger partial charge >= 0.3 is 5.97 Å². The predicted molar refractivity (Wildman–Crippen MR) is 127 cm³/mol. The van der Waals surface area contributed by atoms with Crippen molar-refractivity contribution < 1.29 is 38.6 Å². The summed E-state index contributed by atoms with van der Waals surface area (Å²) in [4.78, 5) is 71.3. The second-order valence-electron chi connectivity index (χ2n) is 8.02. The number of anilines is 1. The molecule has 0 spiro atoms. The summed E-state index contributed by atoms with van der Waals surface area (Å²) in [5, 5.41) is 16.8. The molecule has 1 aromatic rings. The average molecular weight is 503 g/mol.